The molecular formula is C38H53N7O5. The number of nitrogens with zero attached hydrogens (tertiary/aromatic N) is 7. The van der Waals surface area contributed by atoms with Gasteiger partial charge in [-0.2, -0.15) is 0 Å². The van der Waals surface area contributed by atoms with Crippen molar-refractivity contribution in [3.63, 3.8) is 0 Å². The Labute approximate surface area is 296 Å². The number of hydrogen-bond acceptors (Lipinski definition) is 12. The van der Waals surface area contributed by atoms with Crippen molar-refractivity contribution < 1.29 is 24.2 Å². The highest BCUT2D eigenvalue weighted by atomic mass is 16.5. The average molecular weight is 688 g/mol. The predicted octanol–water partition coefficient (Wildman–Crippen LogP) is 7.16. The molecule has 0 saturated heterocycles. The van der Waals surface area contributed by atoms with Crippen LogP contribution in [0.3, 0.4) is 0 Å². The summed E-state index contributed by atoms with van der Waals surface area (Å²) in [5.74, 6) is 1.48. The van der Waals surface area contributed by atoms with Crippen molar-refractivity contribution in [2.45, 2.75) is 90.0 Å². The maximum Gasteiger partial charge on any atom is 0.356 e. The standard InChI is InChI=1S/C13H17N3.C12H16N2O2.C7H8N2O2.C6H12O/c1-9-14-6-5-11(16-9)10-7-12(15-8-10)13(2,3)4;1-8-13-6-5-9(14-8)10(15)7-11(16)12(2,3)4;1-5-8-4-3-6(9-5)7(10)11-2;1-5(7)6(2,3)4/h5-7H,8H2,1-4H3;5-7,15H,1-4H3;3-4H,1-2H3;1-4H3. The molecule has 0 amide bonds. The van der Waals surface area contributed by atoms with E-state index in [1.165, 1.54) is 31.0 Å². The zero-order chi connectivity index (χ0) is 38.4. The van der Waals surface area contributed by atoms with Crippen LogP contribution in [0.25, 0.3) is 11.3 Å². The monoisotopic (exact) mass is 687 g/mol. The predicted molar refractivity (Wildman–Crippen MR) is 197 cm³/mol. The van der Waals surface area contributed by atoms with Gasteiger partial charge in [0.25, 0.3) is 0 Å². The number of Topliss-reactive ketones (excluding diaryl/α,β-unsaturated/α-hetero) is 1. The van der Waals surface area contributed by atoms with Crippen LogP contribution in [0.2, 0.25) is 0 Å². The smallest absolute Gasteiger partial charge is 0.356 e. The number of allylic oxidation sites excluding steroid dienone is 2. The minimum absolute atomic E-state index is 0.115. The van der Waals surface area contributed by atoms with Gasteiger partial charge in [-0.05, 0) is 52.0 Å². The molecule has 0 unspecified atom stereocenters. The fourth-order valence-electron chi connectivity index (χ4n) is 3.36. The van der Waals surface area contributed by atoms with Crippen LogP contribution >= 0.6 is 0 Å². The van der Waals surface area contributed by atoms with E-state index < -0.39 is 11.4 Å². The minimum Gasteiger partial charge on any atom is -0.506 e. The van der Waals surface area contributed by atoms with Gasteiger partial charge in [0.05, 0.1) is 19.3 Å². The highest BCUT2D eigenvalue weighted by molar-refractivity contribution is 6.07. The van der Waals surface area contributed by atoms with Gasteiger partial charge in [0.15, 0.2) is 11.5 Å². The highest BCUT2D eigenvalue weighted by Crippen LogP contribution is 2.26. The molecule has 0 spiro atoms. The number of aliphatic hydroxyl groups excluding tert-OH is 1. The molecule has 50 heavy (non-hydrogen) atoms. The van der Waals surface area contributed by atoms with E-state index >= 15 is 0 Å². The molecule has 0 saturated carbocycles. The molecule has 3 aromatic rings. The molecule has 0 fully saturated rings. The number of aromatic nitrogens is 6. The van der Waals surface area contributed by atoms with Crippen LogP contribution in [0.5, 0.6) is 0 Å². The van der Waals surface area contributed by atoms with E-state index in [0.717, 1.165) is 23.8 Å². The number of carbonyl (C=O) groups is 3. The van der Waals surface area contributed by atoms with Crippen molar-refractivity contribution >= 4 is 34.6 Å². The Morgan fingerprint density at radius 1 is 0.740 bits per heavy atom. The molecule has 0 aromatic carbocycles. The number of aryl methyl sites for hydroxylation is 3. The van der Waals surface area contributed by atoms with Gasteiger partial charge in [0.2, 0.25) is 0 Å². The van der Waals surface area contributed by atoms with Crippen molar-refractivity contribution in [3.8, 4) is 0 Å². The lowest BCUT2D eigenvalue weighted by molar-refractivity contribution is -0.124. The molecule has 0 radical (unpaired) electrons. The molecule has 0 aliphatic carbocycles. The first-order valence-electron chi connectivity index (χ1n) is 16.1. The van der Waals surface area contributed by atoms with Gasteiger partial charge in [0.1, 0.15) is 34.7 Å². The van der Waals surface area contributed by atoms with Crippen molar-refractivity contribution in [2.24, 2.45) is 21.2 Å². The first-order chi connectivity index (χ1) is 22.9. The molecule has 4 heterocycles. The summed E-state index contributed by atoms with van der Waals surface area (Å²) in [5.41, 5.74) is 3.47. The quantitative estimate of drug-likeness (QED) is 0.168. The van der Waals surface area contributed by atoms with E-state index in [9.17, 15) is 19.5 Å². The number of hydrogen-bond donors (Lipinski definition) is 1. The summed E-state index contributed by atoms with van der Waals surface area (Å²) in [7, 11) is 1.32. The highest BCUT2D eigenvalue weighted by Gasteiger charge is 2.22. The van der Waals surface area contributed by atoms with Crippen LogP contribution < -0.4 is 0 Å². The molecule has 270 valence electrons. The Kier molecular flexibility index (Phi) is 16.1. The minimum atomic E-state index is -0.504. The molecule has 12 heteroatoms. The van der Waals surface area contributed by atoms with Crippen LogP contribution in [0.1, 0.15) is 109 Å². The second-order valence-corrected chi connectivity index (χ2v) is 14.5. The van der Waals surface area contributed by atoms with E-state index in [4.69, 9.17) is 0 Å². The molecule has 1 aliphatic heterocycles. The third-order valence-electron chi connectivity index (χ3n) is 6.88. The van der Waals surface area contributed by atoms with Crippen LogP contribution in [-0.4, -0.2) is 71.9 Å². The number of aliphatic hydroxyl groups is 1. The van der Waals surface area contributed by atoms with Gasteiger partial charge in [0, 0.05) is 52.2 Å². The molecule has 12 nitrogen and oxygen atoms in total. The third-order valence-corrected chi connectivity index (χ3v) is 6.88. The van der Waals surface area contributed by atoms with Gasteiger partial charge < -0.3 is 9.84 Å². The van der Waals surface area contributed by atoms with Crippen molar-refractivity contribution in [2.75, 3.05) is 13.7 Å². The summed E-state index contributed by atoms with van der Waals surface area (Å²) in [4.78, 5) is 61.7. The van der Waals surface area contributed by atoms with Crippen molar-refractivity contribution in [3.05, 3.63) is 83.5 Å². The average Bonchev–Trinajstić information content (AvgIpc) is 3.52. The first-order valence-corrected chi connectivity index (χ1v) is 16.1. The maximum atomic E-state index is 11.7. The summed E-state index contributed by atoms with van der Waals surface area (Å²) in [6.45, 7) is 25.4. The molecule has 0 bridgehead atoms. The van der Waals surface area contributed by atoms with Crippen molar-refractivity contribution in [1.82, 2.24) is 29.9 Å². The van der Waals surface area contributed by atoms with Gasteiger partial charge in [-0.1, -0.05) is 62.3 Å². The lowest BCUT2D eigenvalue weighted by Gasteiger charge is -2.16. The lowest BCUT2D eigenvalue weighted by atomic mass is 9.89. The number of carbonyl (C=O) groups excluding carboxylic acids is 3. The SMILES string of the molecule is CC(=O)C(C)(C)C.COC(=O)c1ccnc(C)n1.Cc1nccc(C(O)=CC(=O)C(C)(C)C)n1.Cc1nccc(C2=CC(C(C)(C)C)=NC2)n1. The van der Waals surface area contributed by atoms with Crippen LogP contribution in [0.4, 0.5) is 0 Å². The Bertz CT molecular complexity index is 1670. The summed E-state index contributed by atoms with van der Waals surface area (Å²) in [5, 5.41) is 9.73. The Balaban J connectivity index is 0.000000348. The van der Waals surface area contributed by atoms with E-state index in [1.807, 2.05) is 33.8 Å². The number of aliphatic imine (C=N–C) groups is 1. The number of rotatable bonds is 4. The number of ether oxygens (including phenoxy) is 1. The molecule has 3 aromatic heterocycles. The third kappa shape index (κ3) is 15.5. The number of esters is 1. The number of methoxy groups -OCH3 is 1. The van der Waals surface area contributed by atoms with E-state index in [0.29, 0.717) is 23.0 Å². The molecule has 1 N–H and O–H groups in total. The van der Waals surface area contributed by atoms with Gasteiger partial charge in [-0.3, -0.25) is 14.6 Å². The molecular weight excluding hydrogens is 634 g/mol. The molecule has 1 aliphatic rings. The second kappa shape index (κ2) is 18.7. The lowest BCUT2D eigenvalue weighted by Crippen LogP contribution is -2.18. The summed E-state index contributed by atoms with van der Waals surface area (Å²) in [6, 6.07) is 5.02. The normalized spacial score (nSPS) is 12.8. The summed E-state index contributed by atoms with van der Waals surface area (Å²) < 4.78 is 4.46. The zero-order valence-corrected chi connectivity index (χ0v) is 32.0. The number of ketones is 2. The summed E-state index contributed by atoms with van der Waals surface area (Å²) in [6.07, 6.45) is 8.23. The Morgan fingerprint density at radius 2 is 1.20 bits per heavy atom. The van der Waals surface area contributed by atoms with E-state index in [-0.39, 0.29) is 28.2 Å². The van der Waals surface area contributed by atoms with Crippen LogP contribution in [0.15, 0.2) is 53.9 Å². The fourth-order valence-corrected chi connectivity index (χ4v) is 3.36. The van der Waals surface area contributed by atoms with E-state index in [1.54, 1.807) is 60.0 Å². The molecule has 4 rings (SSSR count). The van der Waals surface area contributed by atoms with Crippen LogP contribution in [-0.2, 0) is 14.3 Å². The fraction of sp³-hybridized carbons (Fsp3) is 0.474. The Morgan fingerprint density at radius 3 is 1.60 bits per heavy atom. The van der Waals surface area contributed by atoms with Gasteiger partial charge in [-0.15, -0.1) is 0 Å². The maximum absolute atomic E-state index is 11.7. The topological polar surface area (TPSA) is 170 Å². The second-order valence-electron chi connectivity index (χ2n) is 14.5. The summed E-state index contributed by atoms with van der Waals surface area (Å²) >= 11 is 0. The zero-order valence-electron chi connectivity index (χ0n) is 32.0. The Hall–Kier alpha value is -5.00. The van der Waals surface area contributed by atoms with Crippen molar-refractivity contribution in [1.29, 1.82) is 0 Å². The van der Waals surface area contributed by atoms with Crippen LogP contribution in [0, 0.1) is 37.0 Å². The van der Waals surface area contributed by atoms with Gasteiger partial charge in [-0.25, -0.2) is 34.7 Å². The van der Waals surface area contributed by atoms with E-state index in [2.05, 4.69) is 66.5 Å². The largest absolute Gasteiger partial charge is 0.506 e. The molecule has 0 atom stereocenters. The first kappa shape index (κ1) is 43.0. The van der Waals surface area contributed by atoms with Gasteiger partial charge >= 0.3 is 5.97 Å².